The summed E-state index contributed by atoms with van der Waals surface area (Å²) in [6, 6.07) is 2.18. The molecule has 0 spiro atoms. The third-order valence-electron chi connectivity index (χ3n) is 3.25. The van der Waals surface area contributed by atoms with Crippen molar-refractivity contribution in [1.82, 2.24) is 4.98 Å². The molecule has 1 aromatic rings. The van der Waals surface area contributed by atoms with E-state index in [1.807, 2.05) is 13.8 Å². The molecule has 0 bridgehead atoms. The second-order valence-corrected chi connectivity index (χ2v) is 5.88. The van der Waals surface area contributed by atoms with Gasteiger partial charge in [0, 0.05) is 47.6 Å². The van der Waals surface area contributed by atoms with Gasteiger partial charge in [0.2, 0.25) is 0 Å². The van der Waals surface area contributed by atoms with Crippen LogP contribution in [0.4, 0.5) is 11.6 Å². The minimum atomic E-state index is -0.977. The number of ether oxygens (including phenoxy) is 1. The van der Waals surface area contributed by atoms with Crippen molar-refractivity contribution >= 4 is 35.3 Å². The predicted octanol–water partition coefficient (Wildman–Crippen LogP) is 3.24. The Morgan fingerprint density at radius 2 is 2.11 bits per heavy atom. The van der Waals surface area contributed by atoms with Crippen LogP contribution < -0.4 is 16.8 Å². The van der Waals surface area contributed by atoms with E-state index >= 15 is 0 Å². The van der Waals surface area contributed by atoms with Crippen LogP contribution >= 0.6 is 11.6 Å². The van der Waals surface area contributed by atoms with Crippen LogP contribution in [0.15, 0.2) is 17.3 Å². The number of rotatable bonds is 8. The molecule has 156 valence electrons. The van der Waals surface area contributed by atoms with Gasteiger partial charge in [0.05, 0.1) is 16.5 Å². The van der Waals surface area contributed by atoms with Crippen molar-refractivity contribution in [2.24, 2.45) is 16.5 Å². The van der Waals surface area contributed by atoms with Crippen LogP contribution in [-0.2, 0) is 27.2 Å². The van der Waals surface area contributed by atoms with E-state index in [1.54, 1.807) is 13.8 Å². The van der Waals surface area contributed by atoms with Gasteiger partial charge in [-0.1, -0.05) is 25.4 Å². The molecule has 10 heteroatoms. The Bertz CT molecular complexity index is 742. The van der Waals surface area contributed by atoms with E-state index in [-0.39, 0.29) is 33.7 Å². The maximum atomic E-state index is 9.51. The molecule has 0 radical (unpaired) electrons. The van der Waals surface area contributed by atoms with Gasteiger partial charge >= 0.3 is 0 Å². The van der Waals surface area contributed by atoms with Crippen LogP contribution in [0, 0.1) is 23.9 Å². The molecule has 0 aliphatic carbocycles. The molecule has 1 aromatic heterocycles. The first-order chi connectivity index (χ1) is 12.8. The predicted molar refractivity (Wildman–Crippen MR) is 112 cm³/mol. The molecule has 0 aliphatic rings. The van der Waals surface area contributed by atoms with E-state index in [0.29, 0.717) is 30.1 Å². The Balaban J connectivity index is 0. The fourth-order valence-corrected chi connectivity index (χ4v) is 2.52. The molecule has 8 nitrogen and oxygen atoms in total. The zero-order chi connectivity index (χ0) is 21.0. The number of nitriles is 1. The summed E-state index contributed by atoms with van der Waals surface area (Å²) in [5.74, 6) is 0.575. The smallest absolute Gasteiger partial charge is 0.165 e. The zero-order valence-corrected chi connectivity index (χ0v) is 18.3. The van der Waals surface area contributed by atoms with Gasteiger partial charge in [-0.15, -0.1) is 0 Å². The van der Waals surface area contributed by atoms with Crippen LogP contribution in [0.25, 0.3) is 0 Å². The molecule has 0 amide bonds. The number of pyridine rings is 1. The largest absolute Gasteiger partial charge is 0.554 e. The monoisotopic (exact) mass is 448 g/mol. The van der Waals surface area contributed by atoms with Crippen molar-refractivity contribution in [3.05, 3.63) is 35.5 Å². The Morgan fingerprint density at radius 3 is 2.57 bits per heavy atom. The number of nitrogens with one attached hydrogen (secondary N) is 2. The topological polar surface area (TPSA) is 146 Å². The van der Waals surface area contributed by atoms with Crippen molar-refractivity contribution < 1.29 is 21.8 Å². The number of hydrogen-bond donors (Lipinski definition) is 4. The van der Waals surface area contributed by atoms with Crippen LogP contribution in [0.3, 0.4) is 0 Å². The van der Waals surface area contributed by atoms with Crippen LogP contribution in [0.2, 0.25) is 5.02 Å². The number of halogens is 1. The Labute approximate surface area is 182 Å². The molecule has 28 heavy (non-hydrogen) atoms. The van der Waals surface area contributed by atoms with Gasteiger partial charge in [0.1, 0.15) is 11.7 Å². The number of nitrogens with zero attached hydrogens (tertiary/aromatic N) is 3. The molecule has 6 N–H and O–H groups in total. The third-order valence-corrected chi connectivity index (χ3v) is 3.61. The van der Waals surface area contributed by atoms with Gasteiger partial charge in [-0.2, -0.15) is 5.26 Å². The first-order valence-corrected chi connectivity index (χ1v) is 8.69. The summed E-state index contributed by atoms with van der Waals surface area (Å²) >= 11 is 6.46. The number of aliphatic imine (C=N–C) groups is 1. The normalized spacial score (nSPS) is 11.1. The molecule has 1 heterocycles. The van der Waals surface area contributed by atoms with Crippen LogP contribution in [0.1, 0.15) is 38.8 Å². The zero-order valence-electron chi connectivity index (χ0n) is 16.5. The van der Waals surface area contributed by atoms with Crippen molar-refractivity contribution in [3.63, 3.8) is 0 Å². The number of nitrogens with two attached hydrogens (primary N) is 2. The molecule has 0 aliphatic heterocycles. The molecule has 0 atom stereocenters. The van der Waals surface area contributed by atoms with Gasteiger partial charge in [0.15, 0.2) is 5.82 Å². The number of hydrogen-bond acceptors (Lipinski definition) is 7. The molecule has 0 fully saturated rings. The Kier molecular flexibility index (Phi) is 14.0. The second-order valence-electron chi connectivity index (χ2n) is 5.50. The average molecular weight is 449 g/mol. The van der Waals surface area contributed by atoms with Gasteiger partial charge < -0.3 is 26.9 Å². The van der Waals surface area contributed by atoms with Crippen molar-refractivity contribution in [2.75, 3.05) is 18.5 Å². The third kappa shape index (κ3) is 7.49. The van der Waals surface area contributed by atoms with E-state index in [9.17, 15) is 5.26 Å². The quantitative estimate of drug-likeness (QED) is 0.158. The van der Waals surface area contributed by atoms with E-state index in [4.69, 9.17) is 33.2 Å². The number of anilines is 1. The molecule has 0 saturated carbocycles. The first-order valence-electron chi connectivity index (χ1n) is 8.31. The van der Waals surface area contributed by atoms with Crippen LogP contribution in [-0.4, -0.2) is 30.2 Å². The summed E-state index contributed by atoms with van der Waals surface area (Å²) in [6.45, 7) is 8.12. The molecule has 0 unspecified atom stereocenters. The maximum absolute atomic E-state index is 9.51. The standard InChI is InChI=1S/C16H21ClN7O.C2H6.Fe/c1-16(2,9-20)12-10(8-19)14(23-11(21)4-5-18)24-15(13(12)17)22-6-7-25-3;1-2;/h4-5,8,19H,3,6-7,18H2,1-2H3,(H3,21,22,23,24);1-2H3;/q-1;;/b5-4-,19-8?;;. The van der Waals surface area contributed by atoms with Gasteiger partial charge in [-0.05, 0) is 26.1 Å². The Hall–Kier alpha value is -2.11. The molecular weight excluding hydrogens is 422 g/mol. The van der Waals surface area contributed by atoms with Crippen molar-refractivity contribution in [1.29, 1.82) is 10.7 Å². The van der Waals surface area contributed by atoms with Crippen molar-refractivity contribution in [3.8, 4) is 6.07 Å². The fraction of sp³-hybridized carbons (Fsp3) is 0.389. The van der Waals surface area contributed by atoms with Gasteiger partial charge in [-0.3, -0.25) is 0 Å². The van der Waals surface area contributed by atoms with Crippen LogP contribution in [0.5, 0.6) is 0 Å². The first kappa shape index (κ1) is 28.1. The number of aromatic nitrogens is 1. The van der Waals surface area contributed by atoms with Gasteiger partial charge in [0.25, 0.3) is 0 Å². The summed E-state index contributed by atoms with van der Waals surface area (Å²) in [6.07, 6.45) is 3.68. The SMILES string of the molecule is CC.[CH2-]OCCNc1nc(N=C(N)/C=C\N)c(C=N)c(C(C)(C)C#N)c1Cl.[Fe]. The number of amidine groups is 1. The fourth-order valence-electron chi connectivity index (χ4n) is 2.07. The summed E-state index contributed by atoms with van der Waals surface area (Å²) < 4.78 is 4.75. The maximum Gasteiger partial charge on any atom is 0.165 e. The second kappa shape index (κ2) is 14.0. The summed E-state index contributed by atoms with van der Waals surface area (Å²) in [5.41, 5.74) is 10.8. The minimum Gasteiger partial charge on any atom is -0.554 e. The van der Waals surface area contributed by atoms with Gasteiger partial charge in [-0.25, -0.2) is 17.1 Å². The molecule has 1 rings (SSSR count). The average Bonchev–Trinajstić information content (AvgIpc) is 2.65. The summed E-state index contributed by atoms with van der Waals surface area (Å²) in [5, 5.41) is 20.5. The van der Waals surface area contributed by atoms with E-state index in [0.717, 1.165) is 6.21 Å². The van der Waals surface area contributed by atoms with E-state index in [2.05, 4.69) is 28.5 Å². The van der Waals surface area contributed by atoms with E-state index < -0.39 is 5.41 Å². The summed E-state index contributed by atoms with van der Waals surface area (Å²) in [7, 11) is 3.29. The van der Waals surface area contributed by atoms with E-state index in [1.165, 1.54) is 12.3 Å². The molecule has 0 saturated heterocycles. The Morgan fingerprint density at radius 1 is 1.50 bits per heavy atom. The van der Waals surface area contributed by atoms with Crippen molar-refractivity contribution in [2.45, 2.75) is 33.1 Å². The molecule has 0 aromatic carbocycles. The summed E-state index contributed by atoms with van der Waals surface area (Å²) in [4.78, 5) is 8.50. The minimum absolute atomic E-state index is 0. The molecular formula is C18H27ClFeN7O-.